The van der Waals surface area contributed by atoms with Crippen LogP contribution in [0.15, 0.2) is 12.8 Å². The first-order valence-corrected chi connectivity index (χ1v) is 9.28. The van der Waals surface area contributed by atoms with Gasteiger partial charge in [0, 0.05) is 25.6 Å². The first-order valence-electron chi connectivity index (χ1n) is 9.28. The topological polar surface area (TPSA) is 77.5 Å². The molecule has 3 N–H and O–H groups in total. The number of nitrogens with one attached hydrogen (secondary N) is 3. The van der Waals surface area contributed by atoms with Crippen LogP contribution in [-0.2, 0) is 4.74 Å². The second-order valence-corrected chi connectivity index (χ2v) is 8.16. The van der Waals surface area contributed by atoms with E-state index in [1.165, 1.54) is 0 Å². The van der Waals surface area contributed by atoms with Crippen LogP contribution in [-0.4, -0.2) is 48.1 Å². The first kappa shape index (κ1) is 21.5. The molecule has 1 aliphatic heterocycles. The third kappa shape index (κ3) is 8.38. The Balaban J connectivity index is 2.40. The van der Waals surface area contributed by atoms with Crippen LogP contribution in [0.2, 0.25) is 0 Å². The zero-order valence-electron chi connectivity index (χ0n) is 16.5. The van der Waals surface area contributed by atoms with E-state index in [1.807, 2.05) is 25.7 Å². The van der Waals surface area contributed by atoms with Crippen molar-refractivity contribution in [3.8, 4) is 0 Å². The molecule has 144 valence electrons. The zero-order chi connectivity index (χ0) is 19.0. The maximum Gasteiger partial charge on any atom is 0.410 e. The van der Waals surface area contributed by atoms with E-state index in [1.54, 1.807) is 6.20 Å². The Morgan fingerprint density at radius 2 is 2.08 bits per heavy atom. The van der Waals surface area contributed by atoms with Gasteiger partial charge in [0.05, 0.1) is 5.84 Å². The van der Waals surface area contributed by atoms with Crippen LogP contribution in [0.1, 0.15) is 53.9 Å². The Bertz CT molecular complexity index is 459. The van der Waals surface area contributed by atoms with E-state index in [9.17, 15) is 4.79 Å². The Kier molecular flexibility index (Phi) is 8.42. The van der Waals surface area contributed by atoms with Gasteiger partial charge in [-0.1, -0.05) is 20.4 Å². The molecule has 0 aromatic carbocycles. The van der Waals surface area contributed by atoms with Gasteiger partial charge in [0.15, 0.2) is 0 Å². The van der Waals surface area contributed by atoms with Crippen molar-refractivity contribution in [3.63, 3.8) is 0 Å². The fourth-order valence-corrected chi connectivity index (χ4v) is 2.90. The summed E-state index contributed by atoms with van der Waals surface area (Å²) in [5.41, 5.74) is -0.453. The Morgan fingerprint density at radius 3 is 2.68 bits per heavy atom. The number of rotatable bonds is 7. The molecule has 1 aliphatic rings. The van der Waals surface area contributed by atoms with E-state index in [-0.39, 0.29) is 6.09 Å². The van der Waals surface area contributed by atoms with E-state index < -0.39 is 5.60 Å². The van der Waals surface area contributed by atoms with Crippen molar-refractivity contribution in [2.24, 2.45) is 11.8 Å². The maximum atomic E-state index is 12.2. The predicted octanol–water partition coefficient (Wildman–Crippen LogP) is 3.35. The molecule has 25 heavy (non-hydrogen) atoms. The maximum absolute atomic E-state index is 12.2. The summed E-state index contributed by atoms with van der Waals surface area (Å²) in [6.07, 6.45) is 4.11. The second kappa shape index (κ2) is 9.80. The molecule has 0 aromatic rings. The highest BCUT2D eigenvalue weighted by atomic mass is 16.6. The van der Waals surface area contributed by atoms with Crippen molar-refractivity contribution in [1.82, 2.24) is 15.5 Å². The van der Waals surface area contributed by atoms with Gasteiger partial charge in [-0.15, -0.1) is 0 Å². The highest BCUT2D eigenvalue weighted by Gasteiger charge is 2.27. The van der Waals surface area contributed by atoms with Crippen LogP contribution in [0.4, 0.5) is 4.79 Å². The van der Waals surface area contributed by atoms with Crippen LogP contribution < -0.4 is 10.6 Å². The predicted molar refractivity (Wildman–Crippen MR) is 103 cm³/mol. The van der Waals surface area contributed by atoms with Gasteiger partial charge in [0.25, 0.3) is 0 Å². The summed E-state index contributed by atoms with van der Waals surface area (Å²) in [7, 11) is 0. The average Bonchev–Trinajstić information content (AvgIpc) is 2.51. The number of likely N-dealkylation sites (tertiary alicyclic amines) is 1. The molecule has 6 heteroatoms. The van der Waals surface area contributed by atoms with Gasteiger partial charge in [-0.25, -0.2) is 4.79 Å². The third-order valence-electron chi connectivity index (χ3n) is 4.58. The Labute approximate surface area is 152 Å². The third-order valence-corrected chi connectivity index (χ3v) is 4.58. The van der Waals surface area contributed by atoms with Gasteiger partial charge in [0.2, 0.25) is 0 Å². The summed E-state index contributed by atoms with van der Waals surface area (Å²) in [5, 5.41) is 14.3. The molecule has 1 amide bonds. The number of nitrogens with zero attached hydrogens (tertiary/aromatic N) is 1. The lowest BCUT2D eigenvalue weighted by molar-refractivity contribution is 0.0186. The van der Waals surface area contributed by atoms with Gasteiger partial charge in [-0.2, -0.15) is 0 Å². The fraction of sp³-hybridized carbons (Fsp3) is 0.789. The van der Waals surface area contributed by atoms with Gasteiger partial charge in [-0.05, 0) is 58.2 Å². The molecular formula is C19H36N4O2. The molecule has 1 heterocycles. The number of hydrogen-bond donors (Lipinski definition) is 3. The van der Waals surface area contributed by atoms with Crippen molar-refractivity contribution in [1.29, 1.82) is 5.41 Å². The Morgan fingerprint density at radius 1 is 1.40 bits per heavy atom. The molecule has 1 rings (SSSR count). The van der Waals surface area contributed by atoms with E-state index in [4.69, 9.17) is 10.1 Å². The number of carbonyl (C=O) groups is 1. The molecule has 0 radical (unpaired) electrons. The highest BCUT2D eigenvalue weighted by molar-refractivity contribution is 5.79. The van der Waals surface area contributed by atoms with Crippen molar-refractivity contribution in [2.45, 2.75) is 65.5 Å². The largest absolute Gasteiger partial charge is 0.444 e. The summed E-state index contributed by atoms with van der Waals surface area (Å²) in [5.74, 6) is 1.35. The molecule has 0 aromatic heterocycles. The van der Waals surface area contributed by atoms with Crippen molar-refractivity contribution < 1.29 is 9.53 Å². The number of ether oxygens (including phenoxy) is 1. The van der Waals surface area contributed by atoms with Crippen LogP contribution in [0, 0.1) is 17.2 Å². The number of piperidine rings is 1. The molecular weight excluding hydrogens is 316 g/mol. The van der Waals surface area contributed by atoms with Crippen molar-refractivity contribution in [2.75, 3.05) is 19.6 Å². The monoisotopic (exact) mass is 352 g/mol. The summed E-state index contributed by atoms with van der Waals surface area (Å²) in [6, 6.07) is 0.307. The van der Waals surface area contributed by atoms with Crippen LogP contribution >= 0.6 is 0 Å². The van der Waals surface area contributed by atoms with Crippen LogP contribution in [0.3, 0.4) is 0 Å². The van der Waals surface area contributed by atoms with Crippen molar-refractivity contribution >= 4 is 11.9 Å². The molecule has 1 unspecified atom stereocenters. The van der Waals surface area contributed by atoms with Gasteiger partial charge < -0.3 is 20.3 Å². The lowest BCUT2D eigenvalue weighted by atomic mass is 9.91. The summed E-state index contributed by atoms with van der Waals surface area (Å²) >= 11 is 0. The standard InChI is InChI=1S/C19H36N4O2/c1-7-21-17(20)11-14(2)15(3)12-22-16-9-8-10-23(13-16)18(24)25-19(4,5)6/h7,14-16,22H,1,8-13H2,2-6H3,(H2,20,21)/t14?,15-,16+/m0/s1. The Hall–Kier alpha value is -1.56. The average molecular weight is 353 g/mol. The highest BCUT2D eigenvalue weighted by Crippen LogP contribution is 2.18. The van der Waals surface area contributed by atoms with Gasteiger partial charge in [-0.3, -0.25) is 5.41 Å². The molecule has 0 bridgehead atoms. The molecule has 0 spiro atoms. The summed E-state index contributed by atoms with van der Waals surface area (Å²) < 4.78 is 5.48. The minimum absolute atomic E-state index is 0.218. The molecule has 1 fully saturated rings. The van der Waals surface area contributed by atoms with E-state index in [0.29, 0.717) is 36.7 Å². The molecule has 0 saturated carbocycles. The summed E-state index contributed by atoms with van der Waals surface area (Å²) in [4.78, 5) is 14.0. The number of amidine groups is 1. The van der Waals surface area contributed by atoms with E-state index in [0.717, 1.165) is 25.9 Å². The first-order chi connectivity index (χ1) is 11.6. The SMILES string of the molecule is C=CNC(=N)CC(C)[C@@H](C)CN[C@@H]1CCCN(C(=O)OC(C)(C)C)C1. The quantitative estimate of drug-likeness (QED) is 0.485. The lowest BCUT2D eigenvalue weighted by Gasteiger charge is -2.35. The molecule has 3 atom stereocenters. The fourth-order valence-electron chi connectivity index (χ4n) is 2.90. The minimum atomic E-state index is -0.453. The number of hydrogen-bond acceptors (Lipinski definition) is 4. The van der Waals surface area contributed by atoms with Crippen LogP contribution in [0.25, 0.3) is 0 Å². The smallest absolute Gasteiger partial charge is 0.410 e. The van der Waals surface area contributed by atoms with Crippen molar-refractivity contribution in [3.05, 3.63) is 12.8 Å². The normalized spacial score (nSPS) is 20.5. The van der Waals surface area contributed by atoms with E-state index >= 15 is 0 Å². The van der Waals surface area contributed by atoms with Gasteiger partial charge >= 0.3 is 6.09 Å². The number of amides is 1. The molecule has 6 nitrogen and oxygen atoms in total. The minimum Gasteiger partial charge on any atom is -0.444 e. The van der Waals surface area contributed by atoms with Crippen LogP contribution in [0.5, 0.6) is 0 Å². The zero-order valence-corrected chi connectivity index (χ0v) is 16.5. The molecule has 1 saturated heterocycles. The second-order valence-electron chi connectivity index (χ2n) is 8.16. The van der Waals surface area contributed by atoms with Gasteiger partial charge in [0.1, 0.15) is 5.60 Å². The number of carbonyl (C=O) groups excluding carboxylic acids is 1. The molecule has 0 aliphatic carbocycles. The summed E-state index contributed by atoms with van der Waals surface area (Å²) in [6.45, 7) is 16.0. The lowest BCUT2D eigenvalue weighted by Crippen LogP contribution is -2.50. The van der Waals surface area contributed by atoms with E-state index in [2.05, 4.69) is 31.1 Å².